The maximum Gasteiger partial charge on any atom is 0.336 e. The molecular formula is C11H16O3. The Balaban J connectivity index is 2.21. The van der Waals surface area contributed by atoms with Gasteiger partial charge in [0.2, 0.25) is 0 Å². The summed E-state index contributed by atoms with van der Waals surface area (Å²) < 4.78 is 5.49. The van der Waals surface area contributed by atoms with Crippen LogP contribution in [-0.4, -0.2) is 23.3 Å². The SMILES string of the molecule is O=C(O)C1(C2C=CCCC2)CCCO1. The lowest BCUT2D eigenvalue weighted by Gasteiger charge is -2.32. The average Bonchev–Trinajstić information content (AvgIpc) is 2.69. The van der Waals surface area contributed by atoms with Crippen LogP contribution in [-0.2, 0) is 9.53 Å². The molecule has 0 radical (unpaired) electrons. The molecule has 2 unspecified atom stereocenters. The van der Waals surface area contributed by atoms with E-state index >= 15 is 0 Å². The van der Waals surface area contributed by atoms with Crippen LogP contribution in [0.1, 0.15) is 32.1 Å². The maximum absolute atomic E-state index is 11.3. The highest BCUT2D eigenvalue weighted by Crippen LogP contribution is 2.38. The Morgan fingerprint density at radius 2 is 2.36 bits per heavy atom. The van der Waals surface area contributed by atoms with Crippen molar-refractivity contribution in [1.82, 2.24) is 0 Å². The first-order chi connectivity index (χ1) is 6.76. The first-order valence-corrected chi connectivity index (χ1v) is 5.30. The van der Waals surface area contributed by atoms with Gasteiger partial charge >= 0.3 is 5.97 Å². The van der Waals surface area contributed by atoms with Crippen molar-refractivity contribution in [2.24, 2.45) is 5.92 Å². The molecule has 3 nitrogen and oxygen atoms in total. The fraction of sp³-hybridized carbons (Fsp3) is 0.727. The molecule has 2 rings (SSSR count). The Kier molecular flexibility index (Phi) is 2.59. The molecule has 3 heteroatoms. The molecule has 0 spiro atoms. The average molecular weight is 196 g/mol. The van der Waals surface area contributed by atoms with Gasteiger partial charge in [-0.1, -0.05) is 12.2 Å². The standard InChI is InChI=1S/C11H16O3/c12-10(13)11(7-4-8-14-11)9-5-2-1-3-6-9/h2,5,9H,1,3-4,6-8H2,(H,12,13). The molecule has 1 N–H and O–H groups in total. The summed E-state index contributed by atoms with van der Waals surface area (Å²) in [6.07, 6.45) is 8.76. The zero-order valence-electron chi connectivity index (χ0n) is 8.24. The van der Waals surface area contributed by atoms with Crippen molar-refractivity contribution in [1.29, 1.82) is 0 Å². The Morgan fingerprint density at radius 1 is 1.50 bits per heavy atom. The van der Waals surface area contributed by atoms with Gasteiger partial charge in [-0.3, -0.25) is 0 Å². The summed E-state index contributed by atoms with van der Waals surface area (Å²) in [4.78, 5) is 11.3. The number of hydrogen-bond donors (Lipinski definition) is 1. The third-order valence-corrected chi connectivity index (χ3v) is 3.27. The Labute approximate surface area is 83.8 Å². The first kappa shape index (κ1) is 9.71. The molecule has 14 heavy (non-hydrogen) atoms. The van der Waals surface area contributed by atoms with Gasteiger partial charge in [-0.25, -0.2) is 4.79 Å². The summed E-state index contributed by atoms with van der Waals surface area (Å²) in [7, 11) is 0. The molecule has 1 fully saturated rings. The summed E-state index contributed by atoms with van der Waals surface area (Å²) in [5, 5.41) is 9.26. The van der Waals surface area contributed by atoms with Gasteiger partial charge in [0.05, 0.1) is 0 Å². The lowest BCUT2D eigenvalue weighted by molar-refractivity contribution is -0.165. The van der Waals surface area contributed by atoms with Gasteiger partial charge in [-0.15, -0.1) is 0 Å². The van der Waals surface area contributed by atoms with E-state index in [9.17, 15) is 9.90 Å². The van der Waals surface area contributed by atoms with Crippen LogP contribution in [0.15, 0.2) is 12.2 Å². The summed E-state index contributed by atoms with van der Waals surface area (Å²) >= 11 is 0. The molecular weight excluding hydrogens is 180 g/mol. The minimum Gasteiger partial charge on any atom is -0.479 e. The second kappa shape index (κ2) is 3.73. The fourth-order valence-electron chi connectivity index (χ4n) is 2.48. The predicted octanol–water partition coefficient (Wildman–Crippen LogP) is 1.98. The van der Waals surface area contributed by atoms with Crippen LogP contribution in [0.4, 0.5) is 0 Å². The highest BCUT2D eigenvalue weighted by atomic mass is 16.5. The van der Waals surface area contributed by atoms with Crippen molar-refractivity contribution in [3.05, 3.63) is 12.2 Å². The van der Waals surface area contributed by atoms with E-state index < -0.39 is 11.6 Å². The number of carboxylic acids is 1. The van der Waals surface area contributed by atoms with Gasteiger partial charge in [0.1, 0.15) is 0 Å². The van der Waals surface area contributed by atoms with Crippen LogP contribution in [0.5, 0.6) is 0 Å². The minimum absolute atomic E-state index is 0.0799. The number of carbonyl (C=O) groups is 1. The van der Waals surface area contributed by atoms with Gasteiger partial charge in [-0.2, -0.15) is 0 Å². The van der Waals surface area contributed by atoms with E-state index in [1.807, 2.05) is 6.08 Å². The van der Waals surface area contributed by atoms with Crippen molar-refractivity contribution >= 4 is 5.97 Å². The third-order valence-electron chi connectivity index (χ3n) is 3.27. The number of ether oxygens (including phenoxy) is 1. The Morgan fingerprint density at radius 3 is 2.86 bits per heavy atom. The molecule has 0 aromatic heterocycles. The maximum atomic E-state index is 11.3. The molecule has 0 amide bonds. The van der Waals surface area contributed by atoms with Crippen LogP contribution >= 0.6 is 0 Å². The van der Waals surface area contributed by atoms with Crippen molar-refractivity contribution in [3.63, 3.8) is 0 Å². The van der Waals surface area contributed by atoms with Gasteiger partial charge in [0.15, 0.2) is 5.60 Å². The molecule has 1 aliphatic carbocycles. The van der Waals surface area contributed by atoms with Gasteiger partial charge in [0.25, 0.3) is 0 Å². The molecule has 0 bridgehead atoms. The predicted molar refractivity (Wildman–Crippen MR) is 52.0 cm³/mol. The summed E-state index contributed by atoms with van der Waals surface area (Å²) in [6, 6.07) is 0. The topological polar surface area (TPSA) is 46.5 Å². The summed E-state index contributed by atoms with van der Waals surface area (Å²) in [5.74, 6) is -0.706. The third kappa shape index (κ3) is 1.46. The normalized spacial score (nSPS) is 37.3. The number of aliphatic carboxylic acids is 1. The van der Waals surface area contributed by atoms with Crippen molar-refractivity contribution < 1.29 is 14.6 Å². The van der Waals surface area contributed by atoms with Gasteiger partial charge in [-0.05, 0) is 32.1 Å². The van der Waals surface area contributed by atoms with Crippen LogP contribution in [0, 0.1) is 5.92 Å². The lowest BCUT2D eigenvalue weighted by Crippen LogP contribution is -2.45. The molecule has 0 saturated carbocycles. The van der Waals surface area contributed by atoms with E-state index in [0.717, 1.165) is 25.7 Å². The van der Waals surface area contributed by atoms with E-state index in [2.05, 4.69) is 6.08 Å². The van der Waals surface area contributed by atoms with Crippen LogP contribution in [0.2, 0.25) is 0 Å². The van der Waals surface area contributed by atoms with Crippen LogP contribution in [0.3, 0.4) is 0 Å². The molecule has 78 valence electrons. The summed E-state index contributed by atoms with van der Waals surface area (Å²) in [5.41, 5.74) is -0.906. The van der Waals surface area contributed by atoms with Gasteiger partial charge in [0, 0.05) is 12.5 Å². The first-order valence-electron chi connectivity index (χ1n) is 5.30. The molecule has 2 aliphatic rings. The van der Waals surface area contributed by atoms with Gasteiger partial charge < -0.3 is 9.84 Å². The molecule has 2 atom stereocenters. The number of rotatable bonds is 2. The number of hydrogen-bond acceptors (Lipinski definition) is 2. The zero-order valence-corrected chi connectivity index (χ0v) is 8.24. The Bertz CT molecular complexity index is 251. The van der Waals surface area contributed by atoms with Crippen molar-refractivity contribution in [2.75, 3.05) is 6.61 Å². The van der Waals surface area contributed by atoms with E-state index in [4.69, 9.17) is 4.74 Å². The zero-order chi connectivity index (χ0) is 10.0. The molecule has 1 aliphatic heterocycles. The summed E-state index contributed by atoms with van der Waals surface area (Å²) in [6.45, 7) is 0.594. The largest absolute Gasteiger partial charge is 0.479 e. The van der Waals surface area contributed by atoms with E-state index in [-0.39, 0.29) is 5.92 Å². The molecule has 1 heterocycles. The highest BCUT2D eigenvalue weighted by Gasteiger charge is 2.48. The highest BCUT2D eigenvalue weighted by molar-refractivity contribution is 5.78. The van der Waals surface area contributed by atoms with Crippen molar-refractivity contribution in [3.8, 4) is 0 Å². The number of allylic oxidation sites excluding steroid dienone is 1. The van der Waals surface area contributed by atoms with E-state index in [0.29, 0.717) is 13.0 Å². The Hall–Kier alpha value is -0.830. The van der Waals surface area contributed by atoms with E-state index in [1.54, 1.807) is 0 Å². The number of carboxylic acid groups (broad SMARTS) is 1. The molecule has 1 saturated heterocycles. The second-order valence-electron chi connectivity index (χ2n) is 4.11. The van der Waals surface area contributed by atoms with Crippen molar-refractivity contribution in [2.45, 2.75) is 37.7 Å². The molecule has 0 aromatic carbocycles. The fourth-order valence-corrected chi connectivity index (χ4v) is 2.48. The minimum atomic E-state index is -0.906. The molecule has 0 aromatic rings. The smallest absolute Gasteiger partial charge is 0.336 e. The quantitative estimate of drug-likeness (QED) is 0.687. The van der Waals surface area contributed by atoms with Crippen LogP contribution in [0.25, 0.3) is 0 Å². The lowest BCUT2D eigenvalue weighted by atomic mass is 9.79. The van der Waals surface area contributed by atoms with Crippen LogP contribution < -0.4 is 0 Å². The second-order valence-corrected chi connectivity index (χ2v) is 4.11. The monoisotopic (exact) mass is 196 g/mol. The van der Waals surface area contributed by atoms with E-state index in [1.165, 1.54) is 0 Å².